The van der Waals surface area contributed by atoms with E-state index < -0.39 is 0 Å². The zero-order valence-corrected chi connectivity index (χ0v) is 13.5. The van der Waals surface area contributed by atoms with Crippen LogP contribution in [0.3, 0.4) is 0 Å². The summed E-state index contributed by atoms with van der Waals surface area (Å²) in [5.41, 5.74) is 8.66. The van der Waals surface area contributed by atoms with Crippen LogP contribution in [0.2, 0.25) is 0 Å². The van der Waals surface area contributed by atoms with E-state index in [-0.39, 0.29) is 6.04 Å². The summed E-state index contributed by atoms with van der Waals surface area (Å²) in [4.78, 5) is 2.54. The van der Waals surface area contributed by atoms with Gasteiger partial charge >= 0.3 is 0 Å². The summed E-state index contributed by atoms with van der Waals surface area (Å²) >= 11 is 0. The van der Waals surface area contributed by atoms with Crippen molar-refractivity contribution in [3.8, 4) is 0 Å². The lowest BCUT2D eigenvalue weighted by Gasteiger charge is -2.39. The number of hydrogen-bond donors (Lipinski definition) is 1. The van der Waals surface area contributed by atoms with Crippen LogP contribution < -0.4 is 10.6 Å². The van der Waals surface area contributed by atoms with Crippen LogP contribution in [0.25, 0.3) is 0 Å². The number of anilines is 1. The summed E-state index contributed by atoms with van der Waals surface area (Å²) in [7, 11) is 2.06. The molecule has 1 aromatic heterocycles. The first-order chi connectivity index (χ1) is 10.1. The van der Waals surface area contributed by atoms with Crippen molar-refractivity contribution in [2.45, 2.75) is 64.1 Å². The van der Waals surface area contributed by atoms with E-state index in [1.54, 1.807) is 0 Å². The lowest BCUT2D eigenvalue weighted by atomic mass is 10.0. The number of ether oxygens (including phenoxy) is 1. The van der Waals surface area contributed by atoms with Crippen LogP contribution in [-0.4, -0.2) is 41.1 Å². The van der Waals surface area contributed by atoms with Crippen LogP contribution >= 0.6 is 0 Å². The zero-order chi connectivity index (χ0) is 15.0. The predicted molar refractivity (Wildman–Crippen MR) is 84.6 cm³/mol. The Morgan fingerprint density at radius 3 is 3.00 bits per heavy atom. The molecule has 5 heteroatoms. The summed E-state index contributed by atoms with van der Waals surface area (Å²) in [6.07, 6.45) is 6.02. The van der Waals surface area contributed by atoms with Gasteiger partial charge in [0.05, 0.1) is 24.4 Å². The van der Waals surface area contributed by atoms with Gasteiger partial charge < -0.3 is 15.4 Å². The average Bonchev–Trinajstić information content (AvgIpc) is 3.04. The fraction of sp³-hybridized carbons (Fsp3) is 0.812. The molecule has 2 heterocycles. The summed E-state index contributed by atoms with van der Waals surface area (Å²) in [6, 6.07) is 0.734. The molecule has 0 amide bonds. The maximum atomic E-state index is 6.21. The molecule has 5 nitrogen and oxygen atoms in total. The summed E-state index contributed by atoms with van der Waals surface area (Å²) in [5, 5.41) is 4.67. The number of aryl methyl sites for hydroxylation is 2. The van der Waals surface area contributed by atoms with E-state index in [9.17, 15) is 0 Å². The SMILES string of the molecule is CCC(N)Cc1c(C)nn(C)c1N1CCOC2CCCC21. The Bertz CT molecular complexity index is 499. The minimum absolute atomic E-state index is 0.215. The van der Waals surface area contributed by atoms with Crippen molar-refractivity contribution in [2.24, 2.45) is 12.8 Å². The van der Waals surface area contributed by atoms with Crippen LogP contribution in [0.5, 0.6) is 0 Å². The first kappa shape index (κ1) is 14.9. The third kappa shape index (κ3) is 2.69. The highest BCUT2D eigenvalue weighted by molar-refractivity contribution is 5.52. The number of rotatable bonds is 4. The molecule has 1 aromatic rings. The molecular weight excluding hydrogens is 264 g/mol. The standard InChI is InChI=1S/C16H28N4O/c1-4-12(17)10-13-11(2)18-19(3)16(13)20-8-9-21-15-7-5-6-14(15)20/h12,14-15H,4-10,17H2,1-3H3. The van der Waals surface area contributed by atoms with Crippen molar-refractivity contribution in [1.82, 2.24) is 9.78 Å². The molecule has 1 saturated carbocycles. The van der Waals surface area contributed by atoms with Crippen molar-refractivity contribution >= 4 is 5.82 Å². The van der Waals surface area contributed by atoms with E-state index in [1.807, 2.05) is 4.68 Å². The smallest absolute Gasteiger partial charge is 0.130 e. The van der Waals surface area contributed by atoms with Crippen molar-refractivity contribution < 1.29 is 4.74 Å². The fourth-order valence-electron chi connectivity index (χ4n) is 3.88. The van der Waals surface area contributed by atoms with Gasteiger partial charge in [-0.15, -0.1) is 0 Å². The zero-order valence-electron chi connectivity index (χ0n) is 13.5. The predicted octanol–water partition coefficient (Wildman–Crippen LogP) is 1.77. The number of hydrogen-bond acceptors (Lipinski definition) is 4. The van der Waals surface area contributed by atoms with Crippen LogP contribution in [-0.2, 0) is 18.2 Å². The van der Waals surface area contributed by atoms with E-state index in [0.717, 1.165) is 31.7 Å². The van der Waals surface area contributed by atoms with Crippen molar-refractivity contribution in [3.05, 3.63) is 11.3 Å². The maximum Gasteiger partial charge on any atom is 0.130 e. The topological polar surface area (TPSA) is 56.3 Å². The van der Waals surface area contributed by atoms with Crippen LogP contribution in [0, 0.1) is 6.92 Å². The second-order valence-corrected chi connectivity index (χ2v) is 6.48. The Kier molecular flexibility index (Phi) is 4.22. The quantitative estimate of drug-likeness (QED) is 0.919. The summed E-state index contributed by atoms with van der Waals surface area (Å²) in [6.45, 7) is 6.05. The van der Waals surface area contributed by atoms with Gasteiger partial charge in [-0.3, -0.25) is 4.68 Å². The van der Waals surface area contributed by atoms with E-state index >= 15 is 0 Å². The molecule has 1 aliphatic carbocycles. The van der Waals surface area contributed by atoms with E-state index in [1.165, 1.54) is 30.6 Å². The molecule has 3 unspecified atom stereocenters. The summed E-state index contributed by atoms with van der Waals surface area (Å²) < 4.78 is 8.00. The molecule has 2 aliphatic rings. The van der Waals surface area contributed by atoms with Crippen molar-refractivity contribution in [2.75, 3.05) is 18.1 Å². The molecule has 1 aliphatic heterocycles. The summed E-state index contributed by atoms with van der Waals surface area (Å²) in [5.74, 6) is 1.27. The monoisotopic (exact) mass is 292 g/mol. The highest BCUT2D eigenvalue weighted by atomic mass is 16.5. The van der Waals surface area contributed by atoms with E-state index in [0.29, 0.717) is 12.1 Å². The molecule has 1 saturated heterocycles. The van der Waals surface area contributed by atoms with E-state index in [4.69, 9.17) is 10.5 Å². The third-order valence-corrected chi connectivity index (χ3v) is 5.06. The molecule has 0 radical (unpaired) electrons. The third-order valence-electron chi connectivity index (χ3n) is 5.06. The van der Waals surface area contributed by atoms with Gasteiger partial charge in [-0.05, 0) is 39.0 Å². The van der Waals surface area contributed by atoms with E-state index in [2.05, 4.69) is 30.9 Å². The first-order valence-electron chi connectivity index (χ1n) is 8.28. The Morgan fingerprint density at radius 2 is 2.24 bits per heavy atom. The Balaban J connectivity index is 1.93. The first-order valence-corrected chi connectivity index (χ1v) is 8.28. The molecule has 0 bridgehead atoms. The van der Waals surface area contributed by atoms with Crippen LogP contribution in [0.4, 0.5) is 5.82 Å². The minimum atomic E-state index is 0.215. The molecule has 2 fully saturated rings. The fourth-order valence-corrected chi connectivity index (χ4v) is 3.88. The van der Waals surface area contributed by atoms with Gasteiger partial charge in [-0.1, -0.05) is 6.92 Å². The minimum Gasteiger partial charge on any atom is -0.374 e. The van der Waals surface area contributed by atoms with Gasteiger partial charge in [0.1, 0.15) is 5.82 Å². The second kappa shape index (κ2) is 5.97. The molecule has 2 N–H and O–H groups in total. The molecule has 3 rings (SSSR count). The lowest BCUT2D eigenvalue weighted by Crippen LogP contribution is -2.49. The Morgan fingerprint density at radius 1 is 1.43 bits per heavy atom. The molecule has 3 atom stereocenters. The highest BCUT2D eigenvalue weighted by Crippen LogP contribution is 2.35. The lowest BCUT2D eigenvalue weighted by molar-refractivity contribution is 0.0250. The number of aromatic nitrogens is 2. The Hall–Kier alpha value is -1.07. The van der Waals surface area contributed by atoms with Crippen LogP contribution in [0.1, 0.15) is 43.9 Å². The maximum absolute atomic E-state index is 6.21. The molecule has 0 spiro atoms. The largest absolute Gasteiger partial charge is 0.374 e. The number of nitrogens with two attached hydrogens (primary N) is 1. The van der Waals surface area contributed by atoms with Gasteiger partial charge in [0.2, 0.25) is 0 Å². The van der Waals surface area contributed by atoms with Gasteiger partial charge in [-0.2, -0.15) is 5.10 Å². The average molecular weight is 292 g/mol. The number of morpholine rings is 1. The highest BCUT2D eigenvalue weighted by Gasteiger charge is 2.38. The van der Waals surface area contributed by atoms with Gasteiger partial charge in [0.25, 0.3) is 0 Å². The van der Waals surface area contributed by atoms with Gasteiger partial charge in [0.15, 0.2) is 0 Å². The molecule has 0 aromatic carbocycles. The second-order valence-electron chi connectivity index (χ2n) is 6.48. The molecule has 21 heavy (non-hydrogen) atoms. The van der Waals surface area contributed by atoms with Crippen molar-refractivity contribution in [1.29, 1.82) is 0 Å². The Labute approximate surface area is 127 Å². The molecule has 118 valence electrons. The van der Waals surface area contributed by atoms with Crippen molar-refractivity contribution in [3.63, 3.8) is 0 Å². The number of fused-ring (bicyclic) bond motifs is 1. The van der Waals surface area contributed by atoms with Gasteiger partial charge in [0, 0.05) is 25.2 Å². The van der Waals surface area contributed by atoms with Gasteiger partial charge in [-0.25, -0.2) is 0 Å². The normalized spacial score (nSPS) is 27.0. The molecular formula is C16H28N4O. The van der Waals surface area contributed by atoms with Crippen LogP contribution in [0.15, 0.2) is 0 Å². The number of nitrogens with zero attached hydrogens (tertiary/aromatic N) is 3.